The van der Waals surface area contributed by atoms with E-state index in [0.717, 1.165) is 17.2 Å². The van der Waals surface area contributed by atoms with E-state index in [0.29, 0.717) is 19.6 Å². The van der Waals surface area contributed by atoms with Gasteiger partial charge in [0.15, 0.2) is 11.5 Å². The van der Waals surface area contributed by atoms with Crippen molar-refractivity contribution in [1.29, 1.82) is 5.26 Å². The van der Waals surface area contributed by atoms with Crippen LogP contribution in [-0.2, 0) is 0 Å². The van der Waals surface area contributed by atoms with Gasteiger partial charge >= 0.3 is 0 Å². The number of hydrogen-bond acceptors (Lipinski definition) is 4. The number of nitriles is 1. The first-order valence-corrected chi connectivity index (χ1v) is 5.72. The van der Waals surface area contributed by atoms with Gasteiger partial charge in [-0.25, -0.2) is 0 Å². The van der Waals surface area contributed by atoms with E-state index < -0.39 is 0 Å². The second-order valence-corrected chi connectivity index (χ2v) is 4.15. The Balaban J connectivity index is 2.19. The van der Waals surface area contributed by atoms with Crippen LogP contribution >= 0.6 is 0 Å². The van der Waals surface area contributed by atoms with Crippen LogP contribution in [0.4, 0.5) is 5.69 Å². The predicted molar refractivity (Wildman–Crippen MR) is 65.5 cm³/mol. The zero-order chi connectivity index (χ0) is 12.3. The summed E-state index contributed by atoms with van der Waals surface area (Å²) in [5.41, 5.74) is 1.04. The Labute approximate surface area is 101 Å². The summed E-state index contributed by atoms with van der Waals surface area (Å²) in [7, 11) is 1.98. The molecule has 1 atom stereocenters. The first kappa shape index (κ1) is 11.6. The van der Waals surface area contributed by atoms with Gasteiger partial charge in [0.05, 0.1) is 12.5 Å². The van der Waals surface area contributed by atoms with E-state index in [9.17, 15) is 0 Å². The van der Waals surface area contributed by atoms with E-state index in [1.165, 1.54) is 0 Å². The molecule has 1 aromatic rings. The van der Waals surface area contributed by atoms with Crippen LogP contribution in [0.1, 0.15) is 13.3 Å². The topological polar surface area (TPSA) is 45.5 Å². The van der Waals surface area contributed by atoms with Gasteiger partial charge in [-0.15, -0.1) is 0 Å². The largest absolute Gasteiger partial charge is 0.486 e. The summed E-state index contributed by atoms with van der Waals surface area (Å²) in [5.74, 6) is 1.58. The molecule has 0 fully saturated rings. The van der Waals surface area contributed by atoms with Crippen LogP contribution in [0.25, 0.3) is 0 Å². The molecule has 0 bridgehead atoms. The van der Waals surface area contributed by atoms with E-state index in [1.54, 1.807) is 0 Å². The van der Waals surface area contributed by atoms with Crippen LogP contribution in [0.3, 0.4) is 0 Å². The third-order valence-corrected chi connectivity index (χ3v) is 2.98. The Morgan fingerprint density at radius 2 is 2.06 bits per heavy atom. The second kappa shape index (κ2) is 4.96. The van der Waals surface area contributed by atoms with E-state index in [-0.39, 0.29) is 6.04 Å². The van der Waals surface area contributed by atoms with Gasteiger partial charge in [-0.1, -0.05) is 0 Å². The Kier molecular flexibility index (Phi) is 3.38. The molecule has 0 N–H and O–H groups in total. The fourth-order valence-electron chi connectivity index (χ4n) is 1.77. The Morgan fingerprint density at radius 3 is 2.76 bits per heavy atom. The van der Waals surface area contributed by atoms with Crippen LogP contribution in [0.2, 0.25) is 0 Å². The lowest BCUT2D eigenvalue weighted by Gasteiger charge is -2.27. The van der Waals surface area contributed by atoms with Gasteiger partial charge in [0.25, 0.3) is 0 Å². The molecule has 0 amide bonds. The molecule has 0 radical (unpaired) electrons. The number of hydrogen-bond donors (Lipinski definition) is 0. The number of nitrogens with zero attached hydrogens (tertiary/aromatic N) is 2. The van der Waals surface area contributed by atoms with Gasteiger partial charge in [-0.2, -0.15) is 5.26 Å². The van der Waals surface area contributed by atoms with E-state index in [2.05, 4.69) is 11.0 Å². The minimum atomic E-state index is 0.183. The van der Waals surface area contributed by atoms with Crippen molar-refractivity contribution >= 4 is 5.69 Å². The highest BCUT2D eigenvalue weighted by atomic mass is 16.6. The highest BCUT2D eigenvalue weighted by Crippen LogP contribution is 2.34. The van der Waals surface area contributed by atoms with Crippen molar-refractivity contribution in [2.75, 3.05) is 25.2 Å². The standard InChI is InChI=1S/C13H16N2O2/c1-10(5-6-14)15(2)11-3-4-12-13(9-11)17-8-7-16-12/h3-4,9-10H,5,7-8H2,1-2H3. The van der Waals surface area contributed by atoms with Crippen molar-refractivity contribution < 1.29 is 9.47 Å². The molecule has 0 spiro atoms. The molecule has 0 saturated heterocycles. The van der Waals surface area contributed by atoms with Crippen molar-refractivity contribution in [1.82, 2.24) is 0 Å². The number of fused-ring (bicyclic) bond motifs is 1. The highest BCUT2D eigenvalue weighted by Gasteiger charge is 2.15. The van der Waals surface area contributed by atoms with Crippen LogP contribution in [0, 0.1) is 11.3 Å². The molecule has 0 aromatic heterocycles. The third-order valence-electron chi connectivity index (χ3n) is 2.98. The molecule has 1 heterocycles. The van der Waals surface area contributed by atoms with Gasteiger partial charge < -0.3 is 14.4 Å². The maximum atomic E-state index is 8.70. The molecule has 90 valence electrons. The van der Waals surface area contributed by atoms with Gasteiger partial charge in [0.2, 0.25) is 0 Å². The maximum absolute atomic E-state index is 8.70. The van der Waals surface area contributed by atoms with Crippen LogP contribution in [0.5, 0.6) is 11.5 Å². The summed E-state index contributed by atoms with van der Waals surface area (Å²) in [5, 5.41) is 8.70. The lowest BCUT2D eigenvalue weighted by Crippen LogP contribution is -2.28. The van der Waals surface area contributed by atoms with Crippen LogP contribution in [-0.4, -0.2) is 26.3 Å². The summed E-state index contributed by atoms with van der Waals surface area (Å²) in [6.45, 7) is 3.22. The normalized spacial score (nSPS) is 14.9. The monoisotopic (exact) mass is 232 g/mol. The fraction of sp³-hybridized carbons (Fsp3) is 0.462. The fourth-order valence-corrected chi connectivity index (χ4v) is 1.77. The maximum Gasteiger partial charge on any atom is 0.163 e. The van der Waals surface area contributed by atoms with Gasteiger partial charge in [0.1, 0.15) is 13.2 Å². The minimum Gasteiger partial charge on any atom is -0.486 e. The number of rotatable bonds is 3. The zero-order valence-corrected chi connectivity index (χ0v) is 10.1. The Morgan fingerprint density at radius 1 is 1.35 bits per heavy atom. The summed E-state index contributed by atoms with van der Waals surface area (Å²) in [6, 6.07) is 8.23. The van der Waals surface area contributed by atoms with Crippen molar-refractivity contribution in [3.05, 3.63) is 18.2 Å². The quantitative estimate of drug-likeness (QED) is 0.801. The van der Waals surface area contributed by atoms with Gasteiger partial charge in [0, 0.05) is 24.8 Å². The molecule has 0 aliphatic carbocycles. The minimum absolute atomic E-state index is 0.183. The van der Waals surface area contributed by atoms with Crippen molar-refractivity contribution in [2.45, 2.75) is 19.4 Å². The van der Waals surface area contributed by atoms with Crippen LogP contribution < -0.4 is 14.4 Å². The summed E-state index contributed by atoms with van der Waals surface area (Å²) >= 11 is 0. The first-order chi connectivity index (χ1) is 8.22. The molecule has 17 heavy (non-hydrogen) atoms. The first-order valence-electron chi connectivity index (χ1n) is 5.72. The smallest absolute Gasteiger partial charge is 0.163 e. The lowest BCUT2D eigenvalue weighted by atomic mass is 10.2. The Hall–Kier alpha value is -1.89. The van der Waals surface area contributed by atoms with Crippen LogP contribution in [0.15, 0.2) is 18.2 Å². The molecule has 1 unspecified atom stereocenters. The SMILES string of the molecule is CC(CC#N)N(C)c1ccc2c(c1)OCCO2. The zero-order valence-electron chi connectivity index (χ0n) is 10.1. The number of ether oxygens (including phenoxy) is 2. The Bertz CT molecular complexity index is 440. The van der Waals surface area contributed by atoms with E-state index >= 15 is 0 Å². The second-order valence-electron chi connectivity index (χ2n) is 4.15. The summed E-state index contributed by atoms with van der Waals surface area (Å²) < 4.78 is 11.0. The van der Waals surface area contributed by atoms with E-state index in [4.69, 9.17) is 14.7 Å². The molecular weight excluding hydrogens is 216 g/mol. The average molecular weight is 232 g/mol. The molecule has 2 rings (SSSR count). The number of anilines is 1. The molecule has 1 aliphatic heterocycles. The third kappa shape index (κ3) is 2.44. The summed E-state index contributed by atoms with van der Waals surface area (Å²) in [4.78, 5) is 2.07. The van der Waals surface area contributed by atoms with Gasteiger partial charge in [-0.05, 0) is 19.1 Å². The molecule has 4 heteroatoms. The molecule has 1 aromatic carbocycles. The lowest BCUT2D eigenvalue weighted by molar-refractivity contribution is 0.171. The predicted octanol–water partition coefficient (Wildman–Crippen LogP) is 2.20. The summed E-state index contributed by atoms with van der Waals surface area (Å²) in [6.07, 6.45) is 0.505. The highest BCUT2D eigenvalue weighted by molar-refractivity contribution is 5.56. The van der Waals surface area contributed by atoms with Crippen molar-refractivity contribution in [2.24, 2.45) is 0 Å². The average Bonchev–Trinajstić information content (AvgIpc) is 2.37. The molecular formula is C13H16N2O2. The molecule has 4 nitrogen and oxygen atoms in total. The van der Waals surface area contributed by atoms with E-state index in [1.807, 2.05) is 32.2 Å². The van der Waals surface area contributed by atoms with Crippen molar-refractivity contribution in [3.8, 4) is 17.6 Å². The van der Waals surface area contributed by atoms with Crippen molar-refractivity contribution in [3.63, 3.8) is 0 Å². The van der Waals surface area contributed by atoms with Gasteiger partial charge in [-0.3, -0.25) is 0 Å². The molecule has 1 aliphatic rings. The number of benzene rings is 1. The molecule has 0 saturated carbocycles.